The highest BCUT2D eigenvalue weighted by Gasteiger charge is 2.74. The summed E-state index contributed by atoms with van der Waals surface area (Å²) in [6.07, 6.45) is -1.33. The Kier molecular flexibility index (Phi) is 3.80. The van der Waals surface area contributed by atoms with Crippen LogP contribution in [0, 0.1) is 0 Å². The molecule has 0 bridgehead atoms. The molecule has 4 heterocycles. The highest BCUT2D eigenvalue weighted by Crippen LogP contribution is 2.45. The highest BCUT2D eigenvalue weighted by molar-refractivity contribution is 6.02. The molecule has 0 aromatic rings. The predicted molar refractivity (Wildman–Crippen MR) is 82.5 cm³/mol. The molecule has 0 radical (unpaired) electrons. The first-order chi connectivity index (χ1) is 12.7. The SMILES string of the molecule is NC1=N[C@H]2C(CN3C(=O)CCC3=O)N=C(N)N3C[C@H](OO[O-])C(O)(O)[C@]23N1. The van der Waals surface area contributed by atoms with Crippen molar-refractivity contribution in [2.24, 2.45) is 21.5 Å². The second-order valence-electron chi connectivity index (χ2n) is 6.79. The van der Waals surface area contributed by atoms with E-state index in [1.165, 1.54) is 4.90 Å². The van der Waals surface area contributed by atoms with Crippen LogP contribution in [0.4, 0.5) is 0 Å². The lowest BCUT2D eigenvalue weighted by atomic mass is 9.85. The average Bonchev–Trinajstić information content (AvgIpc) is 3.18. The van der Waals surface area contributed by atoms with Gasteiger partial charge >= 0.3 is 0 Å². The van der Waals surface area contributed by atoms with Gasteiger partial charge in [0.1, 0.15) is 6.04 Å². The van der Waals surface area contributed by atoms with E-state index in [4.69, 9.17) is 11.5 Å². The molecule has 14 nitrogen and oxygen atoms in total. The lowest BCUT2D eigenvalue weighted by molar-refractivity contribution is -0.807. The summed E-state index contributed by atoms with van der Waals surface area (Å²) < 4.78 is 0. The number of likely N-dealkylation sites (tertiary alicyclic amines) is 1. The van der Waals surface area contributed by atoms with Crippen LogP contribution in [0.1, 0.15) is 12.8 Å². The van der Waals surface area contributed by atoms with Crippen molar-refractivity contribution in [2.75, 3.05) is 13.1 Å². The van der Waals surface area contributed by atoms with Crippen LogP contribution in [-0.4, -0.2) is 86.5 Å². The molecular formula is C13H18N7O7-. The molecule has 2 amide bonds. The van der Waals surface area contributed by atoms with Crippen LogP contribution in [0.3, 0.4) is 0 Å². The Labute approximate surface area is 151 Å². The van der Waals surface area contributed by atoms with Crippen LogP contribution < -0.4 is 22.0 Å². The Balaban J connectivity index is 1.73. The van der Waals surface area contributed by atoms with Gasteiger partial charge in [-0.1, -0.05) is 0 Å². The number of rotatable bonds is 4. The van der Waals surface area contributed by atoms with Crippen LogP contribution in [0.5, 0.6) is 0 Å². The molecule has 7 N–H and O–H groups in total. The lowest BCUT2D eigenvalue weighted by Crippen LogP contribution is -2.77. The Morgan fingerprint density at radius 1 is 1.26 bits per heavy atom. The zero-order chi connectivity index (χ0) is 19.6. The molecule has 1 spiro atoms. The van der Waals surface area contributed by atoms with Crippen molar-refractivity contribution in [3.63, 3.8) is 0 Å². The van der Waals surface area contributed by atoms with Gasteiger partial charge in [-0.2, -0.15) is 0 Å². The van der Waals surface area contributed by atoms with Crippen LogP contribution in [-0.2, 0) is 19.5 Å². The molecule has 4 aliphatic rings. The number of carbonyl (C=O) groups is 2. The number of nitrogens with two attached hydrogens (primary N) is 2. The lowest BCUT2D eigenvalue weighted by Gasteiger charge is -2.49. The maximum atomic E-state index is 12.0. The Morgan fingerprint density at radius 3 is 2.56 bits per heavy atom. The molecule has 4 atom stereocenters. The fraction of sp³-hybridized carbons (Fsp3) is 0.692. The standard InChI is InChI=1S/C13H19N7O7/c14-10-17-9-5(3-19-7(21)1-2-8(19)22)16-11(15)20-4-6(26-27-25)13(23,24)12(9,20)18-10/h5-6,9,23-25H,1-4H2,(H2,15,16)(H3,14,17,18)/p-1/t5?,6-,9-,12-/m0/s1. The van der Waals surface area contributed by atoms with Crippen molar-refractivity contribution in [1.82, 2.24) is 15.1 Å². The summed E-state index contributed by atoms with van der Waals surface area (Å²) in [5, 5.41) is 38.0. The summed E-state index contributed by atoms with van der Waals surface area (Å²) in [6, 6.07) is -1.94. The quantitative estimate of drug-likeness (QED) is 0.133. The van der Waals surface area contributed by atoms with Gasteiger partial charge in [-0.25, -0.2) is 14.9 Å². The van der Waals surface area contributed by atoms with Crippen LogP contribution in [0.15, 0.2) is 9.98 Å². The van der Waals surface area contributed by atoms with Crippen molar-refractivity contribution in [3.8, 4) is 0 Å². The number of amides is 2. The van der Waals surface area contributed by atoms with E-state index in [-0.39, 0.29) is 49.7 Å². The first-order valence-corrected chi connectivity index (χ1v) is 8.18. The Hall–Kier alpha value is -2.52. The fourth-order valence-electron chi connectivity index (χ4n) is 4.21. The molecule has 1 unspecified atom stereocenters. The summed E-state index contributed by atoms with van der Waals surface area (Å²) in [5.41, 5.74) is 9.94. The molecule has 0 aliphatic carbocycles. The molecule has 0 saturated carbocycles. The van der Waals surface area contributed by atoms with E-state index in [2.05, 4.69) is 25.2 Å². The number of carbonyl (C=O) groups excluding carboxylic acids is 2. The molecule has 2 fully saturated rings. The summed E-state index contributed by atoms with van der Waals surface area (Å²) in [4.78, 5) is 39.1. The van der Waals surface area contributed by atoms with Gasteiger partial charge in [0.2, 0.25) is 17.6 Å². The zero-order valence-corrected chi connectivity index (χ0v) is 13.9. The molecule has 148 valence electrons. The van der Waals surface area contributed by atoms with E-state index in [0.717, 1.165) is 4.90 Å². The van der Waals surface area contributed by atoms with E-state index in [0.29, 0.717) is 0 Å². The molecule has 0 aromatic heterocycles. The average molecular weight is 384 g/mol. The number of nitrogens with one attached hydrogen (secondary N) is 1. The summed E-state index contributed by atoms with van der Waals surface area (Å²) >= 11 is 0. The van der Waals surface area contributed by atoms with E-state index in [1.807, 2.05) is 0 Å². The number of aliphatic hydroxyl groups is 2. The van der Waals surface area contributed by atoms with Crippen LogP contribution >= 0.6 is 0 Å². The van der Waals surface area contributed by atoms with Gasteiger partial charge in [0.05, 0.1) is 19.1 Å². The predicted octanol–water partition coefficient (Wildman–Crippen LogP) is -5.60. The van der Waals surface area contributed by atoms with Gasteiger partial charge in [-0.05, 0) is 0 Å². The van der Waals surface area contributed by atoms with Crippen molar-refractivity contribution in [2.45, 2.75) is 42.5 Å². The normalized spacial score (nSPS) is 37.1. The number of guanidine groups is 2. The van der Waals surface area contributed by atoms with E-state index in [9.17, 15) is 25.1 Å². The smallest absolute Gasteiger partial charge is 0.240 e. The number of nitrogens with zero attached hydrogens (tertiary/aromatic N) is 4. The second-order valence-corrected chi connectivity index (χ2v) is 6.79. The minimum absolute atomic E-state index is 0.0943. The van der Waals surface area contributed by atoms with Crippen molar-refractivity contribution in [1.29, 1.82) is 0 Å². The Bertz CT molecular complexity index is 739. The molecule has 0 aromatic carbocycles. The largest absolute Gasteiger partial charge is 0.692 e. The maximum absolute atomic E-state index is 12.0. The zero-order valence-electron chi connectivity index (χ0n) is 13.9. The third kappa shape index (κ3) is 2.24. The molecule has 2 saturated heterocycles. The van der Waals surface area contributed by atoms with Gasteiger partial charge in [0.25, 0.3) is 0 Å². The maximum Gasteiger partial charge on any atom is 0.240 e. The summed E-state index contributed by atoms with van der Waals surface area (Å²) in [5.74, 6) is -3.70. The molecule has 27 heavy (non-hydrogen) atoms. The van der Waals surface area contributed by atoms with Gasteiger partial charge in [-0.15, -0.1) is 0 Å². The molecule has 4 rings (SSSR count). The number of hydrogen-bond donors (Lipinski definition) is 5. The van der Waals surface area contributed by atoms with E-state index < -0.39 is 29.6 Å². The van der Waals surface area contributed by atoms with Crippen molar-refractivity contribution >= 4 is 23.7 Å². The monoisotopic (exact) mass is 384 g/mol. The third-order valence-electron chi connectivity index (χ3n) is 5.43. The number of aliphatic imine (C=N–C) groups is 2. The van der Waals surface area contributed by atoms with Crippen molar-refractivity contribution in [3.05, 3.63) is 0 Å². The van der Waals surface area contributed by atoms with Crippen LogP contribution in [0.25, 0.3) is 0 Å². The van der Waals surface area contributed by atoms with Gasteiger partial charge in [-0.3, -0.25) is 19.5 Å². The highest BCUT2D eigenvalue weighted by atomic mass is 17.5. The molecule has 14 heteroatoms. The first kappa shape index (κ1) is 17.9. The van der Waals surface area contributed by atoms with Crippen LogP contribution in [0.2, 0.25) is 0 Å². The summed E-state index contributed by atoms with van der Waals surface area (Å²) in [6.45, 7) is -0.415. The van der Waals surface area contributed by atoms with E-state index in [1.54, 1.807) is 0 Å². The molecular weight excluding hydrogens is 366 g/mol. The fourth-order valence-corrected chi connectivity index (χ4v) is 4.21. The Morgan fingerprint density at radius 2 is 1.93 bits per heavy atom. The number of imide groups is 1. The number of hydrogen-bond acceptors (Lipinski definition) is 13. The minimum atomic E-state index is -2.72. The molecule has 4 aliphatic heterocycles. The van der Waals surface area contributed by atoms with Gasteiger partial charge in [0.15, 0.2) is 23.7 Å². The summed E-state index contributed by atoms with van der Waals surface area (Å²) in [7, 11) is 0. The minimum Gasteiger partial charge on any atom is -0.692 e. The van der Waals surface area contributed by atoms with Gasteiger partial charge < -0.3 is 37.2 Å². The first-order valence-electron chi connectivity index (χ1n) is 8.18. The topological polar surface area (TPSA) is 211 Å². The van der Waals surface area contributed by atoms with Gasteiger partial charge in [0, 0.05) is 12.8 Å². The van der Waals surface area contributed by atoms with E-state index >= 15 is 0 Å². The van der Waals surface area contributed by atoms with Crippen molar-refractivity contribution < 1.29 is 35.0 Å². The second kappa shape index (κ2) is 5.74. The third-order valence-corrected chi connectivity index (χ3v) is 5.43.